The minimum absolute atomic E-state index is 0.152. The Balaban J connectivity index is 1.35. The molecule has 31 heavy (non-hydrogen) atoms. The number of amides is 2. The quantitative estimate of drug-likeness (QED) is 0.643. The predicted octanol–water partition coefficient (Wildman–Crippen LogP) is 4.32. The number of anilines is 1. The lowest BCUT2D eigenvalue weighted by molar-refractivity contribution is -0.137. The van der Waals surface area contributed by atoms with Crippen LogP contribution in [0.15, 0.2) is 59.1 Å². The second-order valence-corrected chi connectivity index (χ2v) is 7.38. The van der Waals surface area contributed by atoms with E-state index in [1.807, 2.05) is 42.3 Å². The van der Waals surface area contributed by atoms with Crippen LogP contribution in [0.2, 0.25) is 0 Å². The summed E-state index contributed by atoms with van der Waals surface area (Å²) >= 11 is 0. The number of hydrogen-bond donors (Lipinski definition) is 2. The number of carbonyl (C=O) groups is 1. The van der Waals surface area contributed by atoms with Gasteiger partial charge in [-0.1, -0.05) is 35.5 Å². The summed E-state index contributed by atoms with van der Waals surface area (Å²) in [5.41, 5.74) is 0.356. The molecule has 0 saturated carbocycles. The van der Waals surface area contributed by atoms with Gasteiger partial charge in [0.05, 0.1) is 11.6 Å². The van der Waals surface area contributed by atoms with Crippen LogP contribution in [0.1, 0.15) is 23.9 Å². The molecule has 7 nitrogen and oxygen atoms in total. The first-order chi connectivity index (χ1) is 14.8. The van der Waals surface area contributed by atoms with Crippen LogP contribution in [0.5, 0.6) is 0 Å². The standard InChI is InChI=1S/C21H20F3N5O2/c1-29-12-16(26-20(30)25-15-9-7-14(8-10-15)21(22,23)24)11-17(29)19-27-18(28-31-19)13-5-3-2-4-6-13/h2-10,16-17H,11-12H2,1H3,(H2,25,26,30)/t16-,17-/m0/s1. The van der Waals surface area contributed by atoms with Gasteiger partial charge >= 0.3 is 12.2 Å². The zero-order valence-electron chi connectivity index (χ0n) is 16.6. The van der Waals surface area contributed by atoms with Gasteiger partial charge in [-0.3, -0.25) is 4.90 Å². The monoisotopic (exact) mass is 431 g/mol. The fraction of sp³-hybridized carbons (Fsp3) is 0.286. The Morgan fingerprint density at radius 1 is 1.13 bits per heavy atom. The molecule has 10 heteroatoms. The maximum Gasteiger partial charge on any atom is 0.416 e. The van der Waals surface area contributed by atoms with E-state index < -0.39 is 17.8 Å². The number of nitrogens with zero attached hydrogens (tertiary/aromatic N) is 3. The van der Waals surface area contributed by atoms with E-state index in [9.17, 15) is 18.0 Å². The first-order valence-corrected chi connectivity index (χ1v) is 9.63. The number of rotatable bonds is 4. The number of halogens is 3. The lowest BCUT2D eigenvalue weighted by atomic mass is 10.1. The molecule has 4 rings (SSSR count). The molecule has 2 heterocycles. The van der Waals surface area contributed by atoms with Gasteiger partial charge in [-0.2, -0.15) is 18.2 Å². The van der Waals surface area contributed by atoms with Crippen molar-refractivity contribution in [1.82, 2.24) is 20.4 Å². The number of benzene rings is 2. The van der Waals surface area contributed by atoms with Gasteiger partial charge in [-0.05, 0) is 37.7 Å². The van der Waals surface area contributed by atoms with Gasteiger partial charge in [0.1, 0.15) is 0 Å². The smallest absolute Gasteiger partial charge is 0.337 e. The molecule has 1 aliphatic rings. The lowest BCUT2D eigenvalue weighted by Gasteiger charge is -2.14. The van der Waals surface area contributed by atoms with Gasteiger partial charge in [0.15, 0.2) is 0 Å². The van der Waals surface area contributed by atoms with E-state index >= 15 is 0 Å². The molecule has 1 saturated heterocycles. The molecule has 1 aliphatic heterocycles. The van der Waals surface area contributed by atoms with Crippen LogP contribution < -0.4 is 10.6 Å². The van der Waals surface area contributed by atoms with Crippen molar-refractivity contribution in [2.45, 2.75) is 24.7 Å². The number of alkyl halides is 3. The maximum absolute atomic E-state index is 12.6. The number of nitrogens with one attached hydrogen (secondary N) is 2. The molecule has 0 bridgehead atoms. The van der Waals surface area contributed by atoms with Gasteiger partial charge in [0, 0.05) is 23.8 Å². The van der Waals surface area contributed by atoms with Crippen molar-refractivity contribution in [1.29, 1.82) is 0 Å². The van der Waals surface area contributed by atoms with Crippen molar-refractivity contribution < 1.29 is 22.5 Å². The number of likely N-dealkylation sites (tertiary alicyclic amines) is 1. The van der Waals surface area contributed by atoms with E-state index in [1.165, 1.54) is 12.1 Å². The molecule has 0 spiro atoms. The Morgan fingerprint density at radius 2 is 1.84 bits per heavy atom. The van der Waals surface area contributed by atoms with Crippen LogP contribution in [-0.4, -0.2) is 40.7 Å². The summed E-state index contributed by atoms with van der Waals surface area (Å²) in [6.07, 6.45) is -3.85. The van der Waals surface area contributed by atoms with Crippen molar-refractivity contribution in [2.75, 3.05) is 18.9 Å². The number of urea groups is 1. The average molecular weight is 431 g/mol. The van der Waals surface area contributed by atoms with Crippen molar-refractivity contribution in [3.8, 4) is 11.4 Å². The number of aromatic nitrogens is 2. The third-order valence-corrected chi connectivity index (χ3v) is 5.11. The fourth-order valence-electron chi connectivity index (χ4n) is 3.56. The first-order valence-electron chi connectivity index (χ1n) is 9.63. The minimum Gasteiger partial charge on any atom is -0.337 e. The Kier molecular flexibility index (Phi) is 5.64. The molecule has 3 aromatic rings. The molecule has 162 valence electrons. The van der Waals surface area contributed by atoms with Crippen LogP contribution in [0, 0.1) is 0 Å². The molecule has 2 N–H and O–H groups in total. The molecule has 0 aliphatic carbocycles. The van der Waals surface area contributed by atoms with Crippen LogP contribution in [0.3, 0.4) is 0 Å². The number of hydrogen-bond acceptors (Lipinski definition) is 5. The summed E-state index contributed by atoms with van der Waals surface area (Å²) < 4.78 is 43.4. The summed E-state index contributed by atoms with van der Waals surface area (Å²) in [5, 5.41) is 9.43. The molecule has 1 aromatic heterocycles. The Labute approximate surface area is 176 Å². The first kappa shape index (κ1) is 20.9. The highest BCUT2D eigenvalue weighted by Gasteiger charge is 2.35. The van der Waals surface area contributed by atoms with Crippen LogP contribution in [0.4, 0.5) is 23.7 Å². The van der Waals surface area contributed by atoms with Crippen LogP contribution in [0.25, 0.3) is 11.4 Å². The Morgan fingerprint density at radius 3 is 2.52 bits per heavy atom. The van der Waals surface area contributed by atoms with Crippen molar-refractivity contribution in [2.24, 2.45) is 0 Å². The summed E-state index contributed by atoms with van der Waals surface area (Å²) in [4.78, 5) is 18.8. The molecular weight excluding hydrogens is 411 g/mol. The molecule has 0 unspecified atom stereocenters. The van der Waals surface area contributed by atoms with E-state index in [0.29, 0.717) is 24.7 Å². The second-order valence-electron chi connectivity index (χ2n) is 7.38. The average Bonchev–Trinajstić information content (AvgIpc) is 3.35. The normalized spacial score (nSPS) is 19.4. The zero-order chi connectivity index (χ0) is 22.0. The SMILES string of the molecule is CN1C[C@@H](NC(=O)Nc2ccc(C(F)(F)F)cc2)C[C@H]1c1nc(-c2ccccc2)no1. The van der Waals surface area contributed by atoms with E-state index in [-0.39, 0.29) is 17.8 Å². The van der Waals surface area contributed by atoms with E-state index in [0.717, 1.165) is 17.7 Å². The second kappa shape index (κ2) is 8.38. The molecule has 2 aromatic carbocycles. The van der Waals surface area contributed by atoms with Crippen molar-refractivity contribution in [3.63, 3.8) is 0 Å². The third kappa shape index (κ3) is 4.85. The molecule has 2 atom stereocenters. The number of carbonyl (C=O) groups excluding carboxylic acids is 1. The van der Waals surface area contributed by atoms with Crippen molar-refractivity contribution >= 4 is 11.7 Å². The molecule has 2 amide bonds. The van der Waals surface area contributed by atoms with Crippen LogP contribution in [-0.2, 0) is 6.18 Å². The summed E-state index contributed by atoms with van der Waals surface area (Å²) in [6, 6.07) is 12.9. The lowest BCUT2D eigenvalue weighted by Crippen LogP contribution is -2.39. The summed E-state index contributed by atoms with van der Waals surface area (Å²) in [5.74, 6) is 0.967. The fourth-order valence-corrected chi connectivity index (χ4v) is 3.56. The largest absolute Gasteiger partial charge is 0.416 e. The van der Waals surface area contributed by atoms with Crippen LogP contribution >= 0.6 is 0 Å². The van der Waals surface area contributed by atoms with Gasteiger partial charge in [0.2, 0.25) is 11.7 Å². The number of likely N-dealkylation sites (N-methyl/N-ethyl adjacent to an activating group) is 1. The van der Waals surface area contributed by atoms with Gasteiger partial charge in [0.25, 0.3) is 0 Å². The van der Waals surface area contributed by atoms with E-state index in [1.54, 1.807) is 0 Å². The molecule has 1 fully saturated rings. The molecular formula is C21H20F3N5O2. The van der Waals surface area contributed by atoms with Gasteiger partial charge < -0.3 is 15.2 Å². The zero-order valence-corrected chi connectivity index (χ0v) is 16.6. The highest BCUT2D eigenvalue weighted by molar-refractivity contribution is 5.89. The van der Waals surface area contributed by atoms with Crippen molar-refractivity contribution in [3.05, 3.63) is 66.1 Å². The maximum atomic E-state index is 12.6. The van der Waals surface area contributed by atoms with Gasteiger partial charge in [-0.15, -0.1) is 0 Å². The highest BCUT2D eigenvalue weighted by Crippen LogP contribution is 2.31. The highest BCUT2D eigenvalue weighted by atomic mass is 19.4. The summed E-state index contributed by atoms with van der Waals surface area (Å²) in [7, 11) is 1.90. The van der Waals surface area contributed by atoms with E-state index in [4.69, 9.17) is 4.52 Å². The predicted molar refractivity (Wildman–Crippen MR) is 107 cm³/mol. The van der Waals surface area contributed by atoms with E-state index in [2.05, 4.69) is 20.8 Å². The molecule has 0 radical (unpaired) electrons. The third-order valence-electron chi connectivity index (χ3n) is 5.11. The topological polar surface area (TPSA) is 83.3 Å². The minimum atomic E-state index is -4.42. The Hall–Kier alpha value is -3.40. The van der Waals surface area contributed by atoms with Gasteiger partial charge in [-0.25, -0.2) is 4.79 Å². The Bertz CT molecular complexity index is 1040. The summed E-state index contributed by atoms with van der Waals surface area (Å²) in [6.45, 7) is 0.564.